The van der Waals surface area contributed by atoms with E-state index in [2.05, 4.69) is 0 Å². The molecule has 1 atom stereocenters. The Morgan fingerprint density at radius 1 is 1.23 bits per heavy atom. The van der Waals surface area contributed by atoms with Crippen molar-refractivity contribution in [1.82, 2.24) is 4.90 Å². The van der Waals surface area contributed by atoms with Crippen molar-refractivity contribution in [2.45, 2.75) is 77.7 Å². The summed E-state index contributed by atoms with van der Waals surface area (Å²) >= 11 is 0. The molecule has 0 saturated carbocycles. The van der Waals surface area contributed by atoms with E-state index in [1.807, 2.05) is 60.5 Å². The topological polar surface area (TPSA) is 48.0 Å². The molecule has 22 heavy (non-hydrogen) atoms. The molecule has 0 radical (unpaired) electrons. The molecule has 0 bridgehead atoms. The molecule has 5 nitrogen and oxygen atoms in total. The van der Waals surface area contributed by atoms with Crippen LogP contribution in [-0.2, 0) is 14.0 Å². The number of likely N-dealkylation sites (tertiary alicyclic amines) is 1. The molecule has 2 heterocycles. The molecule has 0 N–H and O–H groups in total. The summed E-state index contributed by atoms with van der Waals surface area (Å²) in [6.45, 7) is 14.5. The Morgan fingerprint density at radius 2 is 1.77 bits per heavy atom. The van der Waals surface area contributed by atoms with Crippen LogP contribution in [0.5, 0.6) is 0 Å². The first kappa shape index (κ1) is 17.4. The molecule has 2 saturated heterocycles. The average Bonchev–Trinajstić information content (AvgIpc) is 2.42. The van der Waals surface area contributed by atoms with Crippen molar-refractivity contribution in [2.24, 2.45) is 0 Å². The molecule has 0 aliphatic carbocycles. The Bertz CT molecular complexity index is 451. The van der Waals surface area contributed by atoms with Crippen LogP contribution in [0.15, 0.2) is 12.1 Å². The van der Waals surface area contributed by atoms with Crippen LogP contribution in [-0.4, -0.2) is 47.5 Å². The Kier molecular flexibility index (Phi) is 4.39. The zero-order valence-corrected chi connectivity index (χ0v) is 14.8. The molecule has 2 rings (SSSR count). The first-order chi connectivity index (χ1) is 9.91. The Balaban J connectivity index is 1.91. The lowest BCUT2D eigenvalue weighted by Gasteiger charge is -2.39. The van der Waals surface area contributed by atoms with Crippen LogP contribution in [0, 0.1) is 0 Å². The maximum atomic E-state index is 12.1. The molecule has 2 aliphatic rings. The van der Waals surface area contributed by atoms with Gasteiger partial charge in [0, 0.05) is 6.54 Å². The van der Waals surface area contributed by atoms with Crippen LogP contribution in [0.4, 0.5) is 4.79 Å². The van der Waals surface area contributed by atoms with Crippen LogP contribution >= 0.6 is 0 Å². The maximum Gasteiger partial charge on any atom is 0.486 e. The smallest absolute Gasteiger partial charge is 0.444 e. The van der Waals surface area contributed by atoms with Crippen LogP contribution < -0.4 is 0 Å². The fourth-order valence-electron chi connectivity index (χ4n) is 2.34. The van der Waals surface area contributed by atoms with Crippen molar-refractivity contribution in [1.29, 1.82) is 0 Å². The van der Waals surface area contributed by atoms with Gasteiger partial charge in [0.2, 0.25) is 0 Å². The number of hydrogen-bond donors (Lipinski definition) is 0. The van der Waals surface area contributed by atoms with Gasteiger partial charge >= 0.3 is 13.2 Å². The predicted octanol–water partition coefficient (Wildman–Crippen LogP) is 3.18. The van der Waals surface area contributed by atoms with Gasteiger partial charge in [0.05, 0.1) is 17.2 Å². The zero-order chi connectivity index (χ0) is 16.8. The third kappa shape index (κ3) is 3.66. The summed E-state index contributed by atoms with van der Waals surface area (Å²) in [5.41, 5.74) is -1.15. The van der Waals surface area contributed by atoms with E-state index in [0.29, 0.717) is 0 Å². The standard InChI is InChI=1S/C16H28BNO4/c1-14(2,3)20-13(19)18-11-9-12(18)8-10-17-21-15(4,5)16(6,7)22-17/h8,10,12H,9,11H2,1-7H3/b10-8+. The fraction of sp³-hybridized carbons (Fsp3) is 0.812. The highest BCUT2D eigenvalue weighted by Gasteiger charge is 2.50. The van der Waals surface area contributed by atoms with E-state index < -0.39 is 5.60 Å². The highest BCUT2D eigenvalue weighted by Crippen LogP contribution is 2.37. The largest absolute Gasteiger partial charge is 0.486 e. The second kappa shape index (κ2) is 5.57. The summed E-state index contributed by atoms with van der Waals surface area (Å²) in [5.74, 6) is 1.90. The normalized spacial score (nSPS) is 27.1. The molecule has 2 fully saturated rings. The van der Waals surface area contributed by atoms with Gasteiger partial charge in [0.25, 0.3) is 0 Å². The molecule has 0 aromatic rings. The van der Waals surface area contributed by atoms with Gasteiger partial charge in [0.1, 0.15) is 5.60 Å². The van der Waals surface area contributed by atoms with Crippen LogP contribution in [0.3, 0.4) is 0 Å². The number of rotatable bonds is 2. The minimum atomic E-state index is -0.466. The van der Waals surface area contributed by atoms with Crippen molar-refractivity contribution in [3.63, 3.8) is 0 Å². The molecule has 1 unspecified atom stereocenters. The minimum absolute atomic E-state index is 0.0638. The quantitative estimate of drug-likeness (QED) is 0.735. The lowest BCUT2D eigenvalue weighted by Crippen LogP contribution is -2.51. The molecule has 1 amide bonds. The average molecular weight is 309 g/mol. The van der Waals surface area contributed by atoms with E-state index in [-0.39, 0.29) is 30.5 Å². The number of amides is 1. The number of ether oxygens (including phenoxy) is 1. The van der Waals surface area contributed by atoms with Gasteiger partial charge in [-0.2, -0.15) is 0 Å². The van der Waals surface area contributed by atoms with Gasteiger partial charge in [0.15, 0.2) is 0 Å². The van der Waals surface area contributed by atoms with E-state index in [9.17, 15) is 4.79 Å². The molecular formula is C16H28BNO4. The van der Waals surface area contributed by atoms with E-state index >= 15 is 0 Å². The summed E-state index contributed by atoms with van der Waals surface area (Å²) in [6, 6.07) is 0.0638. The third-order valence-electron chi connectivity index (χ3n) is 4.46. The van der Waals surface area contributed by atoms with Crippen LogP contribution in [0.25, 0.3) is 0 Å². The van der Waals surface area contributed by atoms with Crippen molar-refractivity contribution in [3.05, 3.63) is 12.1 Å². The lowest BCUT2D eigenvalue weighted by molar-refractivity contribution is 0.00278. The Morgan fingerprint density at radius 3 is 2.18 bits per heavy atom. The summed E-state index contributed by atoms with van der Waals surface area (Å²) in [4.78, 5) is 13.8. The van der Waals surface area contributed by atoms with Crippen molar-refractivity contribution in [3.8, 4) is 0 Å². The van der Waals surface area contributed by atoms with E-state index in [0.717, 1.165) is 13.0 Å². The first-order valence-electron chi connectivity index (χ1n) is 7.95. The van der Waals surface area contributed by atoms with Crippen molar-refractivity contribution >= 4 is 13.2 Å². The molecule has 0 spiro atoms. The first-order valence-corrected chi connectivity index (χ1v) is 7.95. The molecule has 0 aromatic carbocycles. The van der Waals surface area contributed by atoms with Gasteiger partial charge in [-0.1, -0.05) is 12.1 Å². The van der Waals surface area contributed by atoms with Crippen LogP contribution in [0.1, 0.15) is 54.9 Å². The minimum Gasteiger partial charge on any atom is -0.444 e. The van der Waals surface area contributed by atoms with Crippen molar-refractivity contribution < 1.29 is 18.8 Å². The number of nitrogens with zero attached hydrogens (tertiary/aromatic N) is 1. The van der Waals surface area contributed by atoms with Crippen LogP contribution in [0.2, 0.25) is 0 Å². The third-order valence-corrected chi connectivity index (χ3v) is 4.46. The maximum absolute atomic E-state index is 12.1. The van der Waals surface area contributed by atoms with Gasteiger partial charge < -0.3 is 18.9 Å². The molecule has 0 aromatic heterocycles. The number of carbonyl (C=O) groups is 1. The number of carbonyl (C=O) groups excluding carboxylic acids is 1. The second-order valence-electron chi connectivity index (χ2n) is 8.04. The van der Waals surface area contributed by atoms with E-state index in [1.165, 1.54) is 0 Å². The Hall–Kier alpha value is -1.01. The van der Waals surface area contributed by atoms with Gasteiger partial charge in [-0.05, 0) is 54.9 Å². The van der Waals surface area contributed by atoms with E-state index in [1.54, 1.807) is 4.90 Å². The summed E-state index contributed by atoms with van der Waals surface area (Å²) in [7, 11) is -0.369. The second-order valence-corrected chi connectivity index (χ2v) is 8.04. The van der Waals surface area contributed by atoms with E-state index in [4.69, 9.17) is 14.0 Å². The van der Waals surface area contributed by atoms with Crippen molar-refractivity contribution in [2.75, 3.05) is 6.54 Å². The molecule has 6 heteroatoms. The number of hydrogen-bond acceptors (Lipinski definition) is 4. The molecule has 2 aliphatic heterocycles. The SMILES string of the molecule is CC(C)(C)OC(=O)N1CCC1/C=C/B1OC(C)(C)C(C)(C)O1. The Labute approximate surface area is 134 Å². The summed E-state index contributed by atoms with van der Waals surface area (Å²) < 4.78 is 17.2. The fourth-order valence-corrected chi connectivity index (χ4v) is 2.34. The van der Waals surface area contributed by atoms with Gasteiger partial charge in [-0.15, -0.1) is 0 Å². The summed E-state index contributed by atoms with van der Waals surface area (Å²) in [6.07, 6.45) is 2.66. The predicted molar refractivity (Wildman–Crippen MR) is 86.6 cm³/mol. The van der Waals surface area contributed by atoms with Gasteiger partial charge in [-0.25, -0.2) is 4.79 Å². The zero-order valence-electron chi connectivity index (χ0n) is 14.8. The monoisotopic (exact) mass is 309 g/mol. The molecular weight excluding hydrogens is 281 g/mol. The lowest BCUT2D eigenvalue weighted by atomic mass is 9.87. The molecule has 124 valence electrons. The highest BCUT2D eigenvalue weighted by atomic mass is 16.7. The summed E-state index contributed by atoms with van der Waals surface area (Å²) in [5, 5.41) is 0. The van der Waals surface area contributed by atoms with Gasteiger partial charge in [-0.3, -0.25) is 0 Å². The highest BCUT2D eigenvalue weighted by molar-refractivity contribution is 6.51.